The molecule has 0 bridgehead atoms. The van der Waals surface area contributed by atoms with Crippen molar-refractivity contribution in [1.82, 2.24) is 4.98 Å². The molecular formula is C14H18N2O3S. The molecule has 0 aliphatic rings. The molecule has 0 aliphatic heterocycles. The van der Waals surface area contributed by atoms with E-state index in [1.165, 1.54) is 0 Å². The number of nitrogens with two attached hydrogens (primary N) is 1. The number of aryl methyl sites for hydroxylation is 1. The summed E-state index contributed by atoms with van der Waals surface area (Å²) >= 11 is 1.65. The van der Waals surface area contributed by atoms with Gasteiger partial charge in [-0.3, -0.25) is 0 Å². The van der Waals surface area contributed by atoms with Gasteiger partial charge in [0.15, 0.2) is 11.5 Å². The third-order valence-corrected chi connectivity index (χ3v) is 3.96. The number of methoxy groups -OCH3 is 2. The highest BCUT2D eigenvalue weighted by Gasteiger charge is 2.12. The molecule has 0 fully saturated rings. The third-order valence-electron chi connectivity index (χ3n) is 2.93. The molecule has 1 aromatic heterocycles. The molecular weight excluding hydrogens is 276 g/mol. The summed E-state index contributed by atoms with van der Waals surface area (Å²) < 4.78 is 10.6. The average Bonchev–Trinajstić information content (AvgIpc) is 2.85. The maximum Gasteiger partial charge on any atom is 0.161 e. The average molecular weight is 294 g/mol. The highest BCUT2D eigenvalue weighted by atomic mass is 32.1. The molecule has 2 aromatic rings. The van der Waals surface area contributed by atoms with E-state index in [1.807, 2.05) is 18.2 Å². The number of rotatable bonds is 6. The van der Waals surface area contributed by atoms with Crippen molar-refractivity contribution in [2.24, 2.45) is 5.90 Å². The first-order valence-corrected chi connectivity index (χ1v) is 7.01. The molecule has 6 heteroatoms. The zero-order chi connectivity index (χ0) is 14.5. The lowest BCUT2D eigenvalue weighted by Crippen LogP contribution is -2.03. The van der Waals surface area contributed by atoms with E-state index >= 15 is 0 Å². The van der Waals surface area contributed by atoms with E-state index in [1.54, 1.807) is 25.6 Å². The maximum atomic E-state index is 5.32. The Morgan fingerprint density at radius 3 is 2.60 bits per heavy atom. The molecule has 2 rings (SSSR count). The molecule has 0 atom stereocenters. The van der Waals surface area contributed by atoms with Gasteiger partial charge in [0.2, 0.25) is 0 Å². The summed E-state index contributed by atoms with van der Waals surface area (Å²) in [5.74, 6) is 6.46. The van der Waals surface area contributed by atoms with Crippen molar-refractivity contribution in [3.8, 4) is 22.8 Å². The summed E-state index contributed by atoms with van der Waals surface area (Å²) in [6, 6.07) is 5.80. The molecule has 2 N–H and O–H groups in total. The second kappa shape index (κ2) is 6.69. The molecule has 0 saturated carbocycles. The van der Waals surface area contributed by atoms with Crippen LogP contribution in [-0.2, 0) is 11.3 Å². The monoisotopic (exact) mass is 294 g/mol. The topological polar surface area (TPSA) is 66.6 Å². The van der Waals surface area contributed by atoms with Gasteiger partial charge in [-0.1, -0.05) is 0 Å². The minimum Gasteiger partial charge on any atom is -0.493 e. The second-order valence-corrected chi connectivity index (χ2v) is 5.49. The van der Waals surface area contributed by atoms with E-state index in [0.29, 0.717) is 18.1 Å². The van der Waals surface area contributed by atoms with Gasteiger partial charge in [-0.2, -0.15) is 0 Å². The van der Waals surface area contributed by atoms with Crippen LogP contribution in [0.15, 0.2) is 18.2 Å². The summed E-state index contributed by atoms with van der Waals surface area (Å²) in [5, 5.41) is 1.01. The van der Waals surface area contributed by atoms with Crippen LogP contribution in [0.25, 0.3) is 11.3 Å². The summed E-state index contributed by atoms with van der Waals surface area (Å²) in [4.78, 5) is 10.4. The molecule has 108 valence electrons. The van der Waals surface area contributed by atoms with Crippen molar-refractivity contribution in [3.05, 3.63) is 28.1 Å². The zero-order valence-electron chi connectivity index (χ0n) is 11.8. The maximum absolute atomic E-state index is 5.32. The number of hydrogen-bond donors (Lipinski definition) is 1. The molecule has 0 saturated heterocycles. The van der Waals surface area contributed by atoms with Gasteiger partial charge in [0.05, 0.1) is 31.5 Å². The van der Waals surface area contributed by atoms with Crippen molar-refractivity contribution in [2.75, 3.05) is 20.8 Å². The predicted molar refractivity (Wildman–Crippen MR) is 79.2 cm³/mol. The summed E-state index contributed by atoms with van der Waals surface area (Å²) in [7, 11) is 3.25. The Morgan fingerprint density at radius 1 is 1.20 bits per heavy atom. The van der Waals surface area contributed by atoms with Gasteiger partial charge in [-0.05, 0) is 25.1 Å². The van der Waals surface area contributed by atoms with Crippen LogP contribution in [0.4, 0.5) is 0 Å². The first-order valence-electron chi connectivity index (χ1n) is 6.20. The molecule has 5 nitrogen and oxygen atoms in total. The number of ether oxygens (including phenoxy) is 2. The predicted octanol–water partition coefficient (Wildman–Crippen LogP) is 2.57. The van der Waals surface area contributed by atoms with E-state index in [4.69, 9.17) is 15.4 Å². The Hall–Kier alpha value is -1.63. The van der Waals surface area contributed by atoms with Crippen LogP contribution in [0.2, 0.25) is 0 Å². The normalized spacial score (nSPS) is 10.6. The molecule has 20 heavy (non-hydrogen) atoms. The van der Waals surface area contributed by atoms with Crippen LogP contribution < -0.4 is 15.4 Å². The highest BCUT2D eigenvalue weighted by Crippen LogP contribution is 2.34. The van der Waals surface area contributed by atoms with Gasteiger partial charge in [0.25, 0.3) is 0 Å². The Labute approximate surface area is 122 Å². The Bertz CT molecular complexity index is 584. The Kier molecular flexibility index (Phi) is 4.94. The third kappa shape index (κ3) is 3.09. The van der Waals surface area contributed by atoms with Crippen molar-refractivity contribution in [1.29, 1.82) is 0 Å². The van der Waals surface area contributed by atoms with Crippen LogP contribution in [0.1, 0.15) is 9.88 Å². The first kappa shape index (κ1) is 14.8. The first-order chi connectivity index (χ1) is 9.69. The highest BCUT2D eigenvalue weighted by molar-refractivity contribution is 7.12. The summed E-state index contributed by atoms with van der Waals surface area (Å²) in [6.07, 6.45) is 0.718. The van der Waals surface area contributed by atoms with E-state index < -0.39 is 0 Å². The van der Waals surface area contributed by atoms with Crippen LogP contribution in [-0.4, -0.2) is 25.8 Å². The number of aromatic nitrogens is 1. The Morgan fingerprint density at radius 2 is 1.95 bits per heavy atom. The number of hydrogen-bond acceptors (Lipinski definition) is 6. The van der Waals surface area contributed by atoms with Gasteiger partial charge in [-0.15, -0.1) is 11.3 Å². The quantitative estimate of drug-likeness (QED) is 0.829. The van der Waals surface area contributed by atoms with Crippen LogP contribution in [0.3, 0.4) is 0 Å². The van der Waals surface area contributed by atoms with Crippen molar-refractivity contribution in [3.63, 3.8) is 0 Å². The number of benzene rings is 1. The smallest absolute Gasteiger partial charge is 0.161 e. The van der Waals surface area contributed by atoms with Gasteiger partial charge < -0.3 is 14.3 Å². The lowest BCUT2D eigenvalue weighted by atomic mass is 10.1. The fourth-order valence-corrected chi connectivity index (χ4v) is 2.89. The molecule has 1 aromatic carbocycles. The minimum absolute atomic E-state index is 0.471. The minimum atomic E-state index is 0.471. The van der Waals surface area contributed by atoms with Gasteiger partial charge in [0, 0.05) is 16.9 Å². The fraction of sp³-hybridized carbons (Fsp3) is 0.357. The standard InChI is InChI=1S/C14H18N2O3S/c1-9-14(16-13(20-9)6-7-19-15)10-4-5-11(17-2)12(8-10)18-3/h4-5,8H,6-7,15H2,1-3H3. The molecule has 0 amide bonds. The van der Waals surface area contributed by atoms with E-state index in [-0.39, 0.29) is 0 Å². The largest absolute Gasteiger partial charge is 0.493 e. The Balaban J connectivity index is 2.33. The molecule has 0 unspecified atom stereocenters. The zero-order valence-corrected chi connectivity index (χ0v) is 12.6. The van der Waals surface area contributed by atoms with Crippen molar-refractivity contribution >= 4 is 11.3 Å². The van der Waals surface area contributed by atoms with Crippen molar-refractivity contribution < 1.29 is 14.3 Å². The molecule has 0 radical (unpaired) electrons. The number of nitrogens with zero attached hydrogens (tertiary/aromatic N) is 1. The lowest BCUT2D eigenvalue weighted by molar-refractivity contribution is 0.141. The van der Waals surface area contributed by atoms with Crippen LogP contribution >= 0.6 is 11.3 Å². The van der Waals surface area contributed by atoms with Crippen molar-refractivity contribution in [2.45, 2.75) is 13.3 Å². The SMILES string of the molecule is COc1ccc(-c2nc(CCON)sc2C)cc1OC. The fourth-order valence-electron chi connectivity index (χ4n) is 1.96. The van der Waals surface area contributed by atoms with Gasteiger partial charge >= 0.3 is 0 Å². The molecule has 0 spiro atoms. The van der Waals surface area contributed by atoms with Crippen LogP contribution in [0.5, 0.6) is 11.5 Å². The van der Waals surface area contributed by atoms with Gasteiger partial charge in [-0.25, -0.2) is 10.9 Å². The van der Waals surface area contributed by atoms with Gasteiger partial charge in [0.1, 0.15) is 0 Å². The van der Waals surface area contributed by atoms with E-state index in [9.17, 15) is 0 Å². The van der Waals surface area contributed by atoms with E-state index in [2.05, 4.69) is 16.7 Å². The second-order valence-electron chi connectivity index (χ2n) is 4.20. The number of thiazole rings is 1. The molecule has 0 aliphatic carbocycles. The summed E-state index contributed by atoms with van der Waals surface area (Å²) in [5.41, 5.74) is 1.97. The summed E-state index contributed by atoms with van der Waals surface area (Å²) in [6.45, 7) is 2.52. The lowest BCUT2D eigenvalue weighted by Gasteiger charge is -2.08. The molecule has 1 heterocycles. The van der Waals surface area contributed by atoms with E-state index in [0.717, 1.165) is 27.6 Å². The van der Waals surface area contributed by atoms with Crippen LogP contribution in [0, 0.1) is 6.92 Å².